The van der Waals surface area contributed by atoms with Crippen molar-refractivity contribution in [3.05, 3.63) is 95.7 Å². The van der Waals surface area contributed by atoms with Crippen LogP contribution in [0.1, 0.15) is 17.0 Å². The van der Waals surface area contributed by atoms with Gasteiger partial charge in [-0.15, -0.1) is 0 Å². The van der Waals surface area contributed by atoms with E-state index < -0.39 is 0 Å². The van der Waals surface area contributed by atoms with Gasteiger partial charge in [-0.05, 0) is 35.4 Å². The lowest BCUT2D eigenvalue weighted by atomic mass is 10.1. The summed E-state index contributed by atoms with van der Waals surface area (Å²) in [4.78, 5) is 9.20. The lowest BCUT2D eigenvalue weighted by Gasteiger charge is -2.09. The molecule has 2 aromatic carbocycles. The van der Waals surface area contributed by atoms with E-state index in [0.717, 1.165) is 22.6 Å². The monoisotopic (exact) mass is 317 g/mol. The number of aromatic nitrogens is 3. The second-order valence-electron chi connectivity index (χ2n) is 5.75. The van der Waals surface area contributed by atoms with E-state index in [1.165, 1.54) is 11.6 Å². The first kappa shape index (κ1) is 14.6. The maximum Gasteiger partial charge on any atom is 0.160 e. The molecule has 0 radical (unpaired) electrons. The maximum atomic E-state index is 13.5. The Morgan fingerprint density at radius 2 is 1.71 bits per heavy atom. The second kappa shape index (κ2) is 6.24. The van der Waals surface area contributed by atoms with Gasteiger partial charge in [-0.1, -0.05) is 42.5 Å². The van der Waals surface area contributed by atoms with Crippen molar-refractivity contribution < 1.29 is 4.39 Å². The van der Waals surface area contributed by atoms with Crippen molar-refractivity contribution in [1.82, 2.24) is 14.5 Å². The van der Waals surface area contributed by atoms with Crippen molar-refractivity contribution in [2.75, 3.05) is 0 Å². The first-order chi connectivity index (χ1) is 11.8. The summed E-state index contributed by atoms with van der Waals surface area (Å²) in [6.45, 7) is 0.693. The van der Waals surface area contributed by atoms with Gasteiger partial charge in [0, 0.05) is 12.6 Å². The van der Waals surface area contributed by atoms with Gasteiger partial charge >= 0.3 is 0 Å². The number of halogens is 1. The molecule has 4 aromatic rings. The molecule has 0 spiro atoms. The number of rotatable bonds is 4. The molecule has 0 saturated carbocycles. The molecular formula is C20H16FN3. The number of fused-ring (bicyclic) bond motifs is 1. The van der Waals surface area contributed by atoms with Crippen LogP contribution in [0, 0.1) is 5.82 Å². The van der Waals surface area contributed by atoms with Crippen LogP contribution in [-0.4, -0.2) is 14.5 Å². The smallest absolute Gasteiger partial charge is 0.160 e. The zero-order chi connectivity index (χ0) is 16.4. The molecule has 0 N–H and O–H groups in total. The normalized spacial score (nSPS) is 11.0. The summed E-state index contributed by atoms with van der Waals surface area (Å²) in [7, 11) is 0. The number of imidazole rings is 1. The summed E-state index contributed by atoms with van der Waals surface area (Å²) in [5.74, 6) is 0.662. The van der Waals surface area contributed by atoms with Gasteiger partial charge in [0.25, 0.3) is 0 Å². The Morgan fingerprint density at radius 3 is 2.54 bits per heavy atom. The highest BCUT2D eigenvalue weighted by atomic mass is 19.1. The Labute approximate surface area is 139 Å². The number of hydrogen-bond donors (Lipinski definition) is 0. The van der Waals surface area contributed by atoms with Crippen LogP contribution in [0.3, 0.4) is 0 Å². The van der Waals surface area contributed by atoms with Gasteiger partial charge in [0.2, 0.25) is 0 Å². The Kier molecular flexibility index (Phi) is 3.79. The molecule has 0 aliphatic rings. The molecule has 0 atom stereocenters. The predicted molar refractivity (Wildman–Crippen MR) is 92.3 cm³/mol. The summed E-state index contributed by atoms with van der Waals surface area (Å²) < 4.78 is 15.6. The molecule has 0 aliphatic heterocycles. The molecule has 118 valence electrons. The highest BCUT2D eigenvalue weighted by Gasteiger charge is 2.12. The molecule has 0 amide bonds. The molecular weight excluding hydrogens is 301 g/mol. The highest BCUT2D eigenvalue weighted by molar-refractivity contribution is 5.71. The fourth-order valence-corrected chi connectivity index (χ4v) is 2.90. The van der Waals surface area contributed by atoms with E-state index in [2.05, 4.69) is 21.7 Å². The van der Waals surface area contributed by atoms with Crippen molar-refractivity contribution in [2.45, 2.75) is 13.0 Å². The van der Waals surface area contributed by atoms with Gasteiger partial charge in [0.15, 0.2) is 5.65 Å². The quantitative estimate of drug-likeness (QED) is 0.564. The molecule has 0 fully saturated rings. The van der Waals surface area contributed by atoms with Crippen LogP contribution >= 0.6 is 0 Å². The number of benzene rings is 2. The minimum Gasteiger partial charge on any atom is -0.308 e. The van der Waals surface area contributed by atoms with Gasteiger partial charge in [-0.2, -0.15) is 0 Å². The first-order valence-electron chi connectivity index (χ1n) is 7.88. The number of hydrogen-bond acceptors (Lipinski definition) is 2. The molecule has 24 heavy (non-hydrogen) atoms. The zero-order valence-electron chi connectivity index (χ0n) is 13.1. The number of pyridine rings is 1. The van der Waals surface area contributed by atoms with E-state index in [1.54, 1.807) is 18.3 Å². The Balaban J connectivity index is 1.78. The van der Waals surface area contributed by atoms with E-state index in [-0.39, 0.29) is 5.82 Å². The maximum absolute atomic E-state index is 13.5. The third-order valence-electron chi connectivity index (χ3n) is 4.02. The van der Waals surface area contributed by atoms with Crippen LogP contribution in [0.5, 0.6) is 0 Å². The van der Waals surface area contributed by atoms with Crippen LogP contribution in [0.4, 0.5) is 4.39 Å². The topological polar surface area (TPSA) is 30.7 Å². The summed E-state index contributed by atoms with van der Waals surface area (Å²) in [5.41, 5.74) is 3.80. The molecule has 0 unspecified atom stereocenters. The Hall–Kier alpha value is -3.01. The van der Waals surface area contributed by atoms with Crippen LogP contribution in [0.15, 0.2) is 72.9 Å². The van der Waals surface area contributed by atoms with Crippen LogP contribution in [0.25, 0.3) is 11.2 Å². The van der Waals surface area contributed by atoms with Crippen LogP contribution in [0.2, 0.25) is 0 Å². The fraction of sp³-hybridized carbons (Fsp3) is 0.100. The lowest BCUT2D eigenvalue weighted by Crippen LogP contribution is -2.06. The standard InChI is InChI=1S/C20H16FN3/c21-17-9-4-8-16(12-17)13-19-23-18-10-5-11-22-20(18)24(19)14-15-6-2-1-3-7-15/h1-12H,13-14H2. The van der Waals surface area contributed by atoms with E-state index in [0.29, 0.717) is 13.0 Å². The van der Waals surface area contributed by atoms with Crippen molar-refractivity contribution in [2.24, 2.45) is 0 Å². The molecule has 0 bridgehead atoms. The first-order valence-corrected chi connectivity index (χ1v) is 7.88. The summed E-state index contributed by atoms with van der Waals surface area (Å²) in [6.07, 6.45) is 2.35. The summed E-state index contributed by atoms with van der Waals surface area (Å²) in [5, 5.41) is 0. The van der Waals surface area contributed by atoms with E-state index >= 15 is 0 Å². The summed E-state index contributed by atoms with van der Waals surface area (Å²) in [6, 6.07) is 20.7. The third-order valence-corrected chi connectivity index (χ3v) is 4.02. The highest BCUT2D eigenvalue weighted by Crippen LogP contribution is 2.19. The van der Waals surface area contributed by atoms with Crippen molar-refractivity contribution in [3.8, 4) is 0 Å². The summed E-state index contributed by atoms with van der Waals surface area (Å²) >= 11 is 0. The second-order valence-corrected chi connectivity index (χ2v) is 5.75. The van der Waals surface area contributed by atoms with E-state index in [9.17, 15) is 4.39 Å². The van der Waals surface area contributed by atoms with E-state index in [4.69, 9.17) is 4.98 Å². The molecule has 4 rings (SSSR count). The van der Waals surface area contributed by atoms with Gasteiger partial charge < -0.3 is 4.57 Å². The van der Waals surface area contributed by atoms with Crippen LogP contribution in [-0.2, 0) is 13.0 Å². The molecule has 0 aliphatic carbocycles. The molecule has 2 heterocycles. The average molecular weight is 317 g/mol. The molecule has 3 nitrogen and oxygen atoms in total. The van der Waals surface area contributed by atoms with Gasteiger partial charge in [-0.25, -0.2) is 14.4 Å². The van der Waals surface area contributed by atoms with Gasteiger partial charge in [-0.3, -0.25) is 0 Å². The lowest BCUT2D eigenvalue weighted by molar-refractivity contribution is 0.625. The zero-order valence-corrected chi connectivity index (χ0v) is 13.1. The van der Waals surface area contributed by atoms with Crippen molar-refractivity contribution >= 4 is 11.2 Å². The molecule has 0 saturated heterocycles. The SMILES string of the molecule is Fc1cccc(Cc2nc3cccnc3n2Cc2ccccc2)c1. The van der Waals surface area contributed by atoms with Crippen molar-refractivity contribution in [1.29, 1.82) is 0 Å². The minimum atomic E-state index is -0.226. The van der Waals surface area contributed by atoms with Crippen molar-refractivity contribution in [3.63, 3.8) is 0 Å². The van der Waals surface area contributed by atoms with Crippen LogP contribution < -0.4 is 0 Å². The fourth-order valence-electron chi connectivity index (χ4n) is 2.90. The Morgan fingerprint density at radius 1 is 0.875 bits per heavy atom. The average Bonchev–Trinajstić information content (AvgIpc) is 2.93. The minimum absolute atomic E-state index is 0.226. The molecule has 2 aromatic heterocycles. The largest absolute Gasteiger partial charge is 0.308 e. The third kappa shape index (κ3) is 2.91. The van der Waals surface area contributed by atoms with E-state index in [1.807, 2.05) is 36.4 Å². The Bertz CT molecular complexity index is 977. The predicted octanol–water partition coefficient (Wildman–Crippen LogP) is 4.21. The van der Waals surface area contributed by atoms with Gasteiger partial charge in [0.1, 0.15) is 17.2 Å². The number of nitrogens with zero attached hydrogens (tertiary/aromatic N) is 3. The van der Waals surface area contributed by atoms with Gasteiger partial charge in [0.05, 0.1) is 6.54 Å². The molecule has 4 heteroatoms.